The van der Waals surface area contributed by atoms with Crippen molar-refractivity contribution in [3.05, 3.63) is 72.3 Å². The quantitative estimate of drug-likeness (QED) is 0.399. The molecule has 1 aliphatic rings. The van der Waals surface area contributed by atoms with Crippen LogP contribution in [-0.2, 0) is 17.8 Å². The largest absolute Gasteiger partial charge is 0.493 e. The molecular weight excluding hydrogens is 449 g/mol. The van der Waals surface area contributed by atoms with E-state index in [4.69, 9.17) is 18.9 Å². The summed E-state index contributed by atoms with van der Waals surface area (Å²) in [6.45, 7) is 4.13. The molecule has 1 atom stereocenters. The Morgan fingerprint density at radius 1 is 0.971 bits per heavy atom. The number of hydrogen-bond donors (Lipinski definition) is 0. The van der Waals surface area contributed by atoms with Gasteiger partial charge in [0.2, 0.25) is 0 Å². The highest BCUT2D eigenvalue weighted by Gasteiger charge is 2.34. The van der Waals surface area contributed by atoms with E-state index in [2.05, 4.69) is 16.1 Å². The van der Waals surface area contributed by atoms with Gasteiger partial charge in [0.15, 0.2) is 23.1 Å². The number of benzene rings is 2. The second-order valence-electron chi connectivity index (χ2n) is 8.84. The SMILES string of the molecule is COc1cc(CN2CCC[C@@](COc3ccccc3F)(OC)CC2)ccc1OCCn1cccn1. The third-order valence-electron chi connectivity index (χ3n) is 6.52. The van der Waals surface area contributed by atoms with Gasteiger partial charge in [-0.05, 0) is 61.7 Å². The van der Waals surface area contributed by atoms with E-state index in [1.807, 2.05) is 29.1 Å². The van der Waals surface area contributed by atoms with Crippen molar-refractivity contribution >= 4 is 0 Å². The van der Waals surface area contributed by atoms with Crippen LogP contribution >= 0.6 is 0 Å². The molecule has 0 aliphatic carbocycles. The van der Waals surface area contributed by atoms with Crippen LogP contribution in [0, 0.1) is 5.82 Å². The lowest BCUT2D eigenvalue weighted by atomic mass is 9.95. The van der Waals surface area contributed by atoms with Crippen LogP contribution in [0.1, 0.15) is 24.8 Å². The Kier molecular flexibility index (Phi) is 8.60. The van der Waals surface area contributed by atoms with Crippen LogP contribution in [0.3, 0.4) is 0 Å². The van der Waals surface area contributed by atoms with Crippen molar-refractivity contribution in [2.24, 2.45) is 0 Å². The van der Waals surface area contributed by atoms with Crippen LogP contribution in [0.15, 0.2) is 60.9 Å². The Morgan fingerprint density at radius 2 is 1.86 bits per heavy atom. The standard InChI is InChI=1S/C27H34FN3O4/c1-32-26-19-22(9-10-25(26)34-18-17-31-15-6-13-29-31)20-30-14-5-11-27(33-2,12-16-30)21-35-24-8-4-3-7-23(24)28/h3-4,6-10,13,15,19H,5,11-12,14,16-18,20-21H2,1-2H3/t27-/m1/s1. The summed E-state index contributed by atoms with van der Waals surface area (Å²) in [6, 6.07) is 14.5. The molecule has 3 aromatic rings. The second kappa shape index (κ2) is 12.0. The lowest BCUT2D eigenvalue weighted by Gasteiger charge is -2.31. The Bertz CT molecular complexity index is 1060. The van der Waals surface area contributed by atoms with E-state index in [1.165, 1.54) is 6.07 Å². The first-order valence-electron chi connectivity index (χ1n) is 12.0. The highest BCUT2D eigenvalue weighted by molar-refractivity contribution is 5.43. The molecule has 0 radical (unpaired) electrons. The number of ether oxygens (including phenoxy) is 4. The number of rotatable bonds is 11. The minimum atomic E-state index is -0.430. The van der Waals surface area contributed by atoms with Crippen molar-refractivity contribution in [2.45, 2.75) is 38.0 Å². The highest BCUT2D eigenvalue weighted by atomic mass is 19.1. The van der Waals surface area contributed by atoms with E-state index < -0.39 is 5.60 Å². The molecule has 8 heteroatoms. The lowest BCUT2D eigenvalue weighted by Crippen LogP contribution is -2.39. The molecule has 0 amide bonds. The summed E-state index contributed by atoms with van der Waals surface area (Å²) in [7, 11) is 3.38. The molecule has 1 aliphatic heterocycles. The monoisotopic (exact) mass is 483 g/mol. The van der Waals surface area contributed by atoms with Gasteiger partial charge in [0, 0.05) is 32.6 Å². The van der Waals surface area contributed by atoms with Crippen LogP contribution in [0.4, 0.5) is 4.39 Å². The molecule has 0 unspecified atom stereocenters. The smallest absolute Gasteiger partial charge is 0.165 e. The summed E-state index contributed by atoms with van der Waals surface area (Å²) < 4.78 is 39.1. The van der Waals surface area contributed by atoms with Crippen molar-refractivity contribution in [1.82, 2.24) is 14.7 Å². The lowest BCUT2D eigenvalue weighted by molar-refractivity contribution is -0.0548. The van der Waals surface area contributed by atoms with Gasteiger partial charge < -0.3 is 18.9 Å². The molecule has 4 rings (SSSR count). The Balaban J connectivity index is 1.32. The van der Waals surface area contributed by atoms with E-state index in [9.17, 15) is 4.39 Å². The molecule has 0 spiro atoms. The van der Waals surface area contributed by atoms with E-state index >= 15 is 0 Å². The summed E-state index contributed by atoms with van der Waals surface area (Å²) in [5.74, 6) is 1.37. The fraction of sp³-hybridized carbons (Fsp3) is 0.444. The van der Waals surface area contributed by atoms with Gasteiger partial charge in [0.1, 0.15) is 18.8 Å². The Labute approximate surface area is 206 Å². The van der Waals surface area contributed by atoms with E-state index in [1.54, 1.807) is 38.6 Å². The summed E-state index contributed by atoms with van der Waals surface area (Å²) in [6.07, 6.45) is 6.31. The average Bonchev–Trinajstić information content (AvgIpc) is 3.32. The first-order valence-corrected chi connectivity index (χ1v) is 12.0. The molecule has 7 nitrogen and oxygen atoms in total. The molecule has 0 N–H and O–H groups in total. The van der Waals surface area contributed by atoms with Gasteiger partial charge in [-0.1, -0.05) is 18.2 Å². The molecule has 1 fully saturated rings. The highest BCUT2D eigenvalue weighted by Crippen LogP contribution is 2.31. The normalized spacial score (nSPS) is 18.7. The van der Waals surface area contributed by atoms with Crippen LogP contribution < -0.4 is 14.2 Å². The number of hydrogen-bond acceptors (Lipinski definition) is 6. The van der Waals surface area contributed by atoms with Gasteiger partial charge in [-0.25, -0.2) is 4.39 Å². The van der Waals surface area contributed by atoms with Crippen LogP contribution in [0.2, 0.25) is 0 Å². The Morgan fingerprint density at radius 3 is 2.63 bits per heavy atom. The van der Waals surface area contributed by atoms with E-state index in [-0.39, 0.29) is 11.6 Å². The predicted octanol–water partition coefficient (Wildman–Crippen LogP) is 4.56. The van der Waals surface area contributed by atoms with E-state index in [0.717, 1.165) is 56.0 Å². The number of halogens is 1. The number of methoxy groups -OCH3 is 2. The van der Waals surface area contributed by atoms with Crippen LogP contribution in [0.25, 0.3) is 0 Å². The first kappa shape index (κ1) is 25.0. The second-order valence-corrected chi connectivity index (χ2v) is 8.84. The van der Waals surface area contributed by atoms with Crippen molar-refractivity contribution in [3.63, 3.8) is 0 Å². The van der Waals surface area contributed by atoms with Gasteiger partial charge in [-0.15, -0.1) is 0 Å². The zero-order chi connectivity index (χ0) is 24.5. The molecule has 35 heavy (non-hydrogen) atoms. The van der Waals surface area contributed by atoms with Crippen molar-refractivity contribution in [3.8, 4) is 17.2 Å². The Hall–Kier alpha value is -3.10. The predicted molar refractivity (Wildman–Crippen MR) is 131 cm³/mol. The van der Waals surface area contributed by atoms with Crippen molar-refractivity contribution in [1.29, 1.82) is 0 Å². The fourth-order valence-electron chi connectivity index (χ4n) is 4.43. The van der Waals surface area contributed by atoms with Gasteiger partial charge in [-0.3, -0.25) is 9.58 Å². The number of likely N-dealkylation sites (tertiary alicyclic amines) is 1. The third-order valence-corrected chi connectivity index (χ3v) is 6.52. The molecule has 2 aromatic carbocycles. The maximum absolute atomic E-state index is 14.0. The first-order chi connectivity index (χ1) is 17.1. The molecule has 0 bridgehead atoms. The molecule has 1 aromatic heterocycles. The van der Waals surface area contributed by atoms with Gasteiger partial charge in [-0.2, -0.15) is 5.10 Å². The summed E-state index contributed by atoms with van der Waals surface area (Å²) in [5, 5.41) is 4.19. The summed E-state index contributed by atoms with van der Waals surface area (Å²) in [4.78, 5) is 2.41. The third kappa shape index (κ3) is 6.74. The topological polar surface area (TPSA) is 58.0 Å². The van der Waals surface area contributed by atoms with Crippen LogP contribution in [0.5, 0.6) is 17.2 Å². The number of aromatic nitrogens is 2. The van der Waals surface area contributed by atoms with Gasteiger partial charge >= 0.3 is 0 Å². The fourth-order valence-corrected chi connectivity index (χ4v) is 4.43. The minimum absolute atomic E-state index is 0.268. The van der Waals surface area contributed by atoms with Crippen LogP contribution in [-0.4, -0.2) is 60.8 Å². The van der Waals surface area contributed by atoms with Gasteiger partial charge in [0.25, 0.3) is 0 Å². The number of para-hydroxylation sites is 1. The minimum Gasteiger partial charge on any atom is -0.493 e. The molecule has 0 saturated carbocycles. The summed E-state index contributed by atoms with van der Waals surface area (Å²) in [5.41, 5.74) is 0.731. The summed E-state index contributed by atoms with van der Waals surface area (Å²) >= 11 is 0. The zero-order valence-corrected chi connectivity index (χ0v) is 20.5. The molecular formula is C27H34FN3O4. The van der Waals surface area contributed by atoms with Crippen molar-refractivity contribution < 1.29 is 23.3 Å². The average molecular weight is 484 g/mol. The van der Waals surface area contributed by atoms with Gasteiger partial charge in [0.05, 0.1) is 13.7 Å². The van der Waals surface area contributed by atoms with E-state index in [0.29, 0.717) is 19.8 Å². The maximum atomic E-state index is 14.0. The molecule has 2 heterocycles. The van der Waals surface area contributed by atoms with Crippen molar-refractivity contribution in [2.75, 3.05) is 40.5 Å². The zero-order valence-electron chi connectivity index (χ0n) is 20.5. The molecule has 188 valence electrons. The maximum Gasteiger partial charge on any atom is 0.165 e. The molecule has 1 saturated heterocycles. The number of nitrogens with zero attached hydrogens (tertiary/aromatic N) is 3.